The third-order valence-corrected chi connectivity index (χ3v) is 2.91. The Morgan fingerprint density at radius 1 is 1.37 bits per heavy atom. The van der Waals surface area contributed by atoms with Crippen molar-refractivity contribution in [1.82, 2.24) is 4.90 Å². The molecule has 0 aliphatic heterocycles. The van der Waals surface area contributed by atoms with Gasteiger partial charge in [-0.25, -0.2) is 0 Å². The van der Waals surface area contributed by atoms with E-state index in [0.717, 1.165) is 16.9 Å². The Kier molecular flexibility index (Phi) is 5.36. The number of benzene rings is 1. The van der Waals surface area contributed by atoms with Crippen LogP contribution in [0.5, 0.6) is 5.75 Å². The van der Waals surface area contributed by atoms with Crippen molar-refractivity contribution in [3.8, 4) is 5.75 Å². The highest BCUT2D eigenvalue weighted by atomic mass is 16.5. The van der Waals surface area contributed by atoms with E-state index in [1.165, 1.54) is 4.90 Å². The van der Waals surface area contributed by atoms with Gasteiger partial charge in [-0.1, -0.05) is 12.1 Å². The summed E-state index contributed by atoms with van der Waals surface area (Å²) >= 11 is 0. The highest BCUT2D eigenvalue weighted by Crippen LogP contribution is 2.19. The monoisotopic (exact) mass is 265 g/mol. The Bertz CT molecular complexity index is 471. The molecule has 1 aromatic rings. The van der Waals surface area contributed by atoms with E-state index < -0.39 is 5.97 Å². The summed E-state index contributed by atoms with van der Waals surface area (Å²) in [4.78, 5) is 23.8. The van der Waals surface area contributed by atoms with Gasteiger partial charge in [0.05, 0.1) is 20.0 Å². The fourth-order valence-electron chi connectivity index (χ4n) is 1.67. The number of carbonyl (C=O) groups excluding carboxylic acids is 1. The molecule has 0 fully saturated rings. The van der Waals surface area contributed by atoms with Gasteiger partial charge in [0.2, 0.25) is 5.91 Å². The van der Waals surface area contributed by atoms with Gasteiger partial charge >= 0.3 is 5.97 Å². The molecule has 0 saturated heterocycles. The molecule has 5 nitrogen and oxygen atoms in total. The van der Waals surface area contributed by atoms with Crippen LogP contribution in [-0.4, -0.2) is 42.6 Å². The van der Waals surface area contributed by atoms with Crippen molar-refractivity contribution in [3.05, 3.63) is 29.3 Å². The lowest BCUT2D eigenvalue weighted by Gasteiger charge is -2.16. The van der Waals surface area contributed by atoms with Gasteiger partial charge in [0, 0.05) is 13.6 Å². The maximum absolute atomic E-state index is 11.9. The molecule has 0 radical (unpaired) electrons. The van der Waals surface area contributed by atoms with Crippen molar-refractivity contribution in [2.24, 2.45) is 0 Å². The number of carboxylic acid groups (broad SMARTS) is 1. The lowest BCUT2D eigenvalue weighted by Crippen LogP contribution is -2.30. The minimum atomic E-state index is -0.906. The first kappa shape index (κ1) is 15.0. The van der Waals surface area contributed by atoms with E-state index in [-0.39, 0.29) is 25.3 Å². The number of carboxylic acids is 1. The number of rotatable bonds is 6. The standard InChI is InChI=1S/C14H19NO4/c1-10-4-5-11(8-12(10)19-3)9-13(16)15(2)7-6-14(17)18/h4-5,8H,6-7,9H2,1-3H3,(H,17,18). The molecular formula is C14H19NO4. The maximum atomic E-state index is 11.9. The van der Waals surface area contributed by atoms with Gasteiger partial charge in [-0.2, -0.15) is 0 Å². The summed E-state index contributed by atoms with van der Waals surface area (Å²) in [5.41, 5.74) is 1.87. The number of ether oxygens (including phenoxy) is 1. The normalized spacial score (nSPS) is 10.1. The number of aliphatic carboxylic acids is 1. The summed E-state index contributed by atoms with van der Waals surface area (Å²) in [7, 11) is 3.20. The molecule has 19 heavy (non-hydrogen) atoms. The smallest absolute Gasteiger partial charge is 0.305 e. The van der Waals surface area contributed by atoms with E-state index in [9.17, 15) is 9.59 Å². The molecule has 1 rings (SSSR count). The molecule has 0 unspecified atom stereocenters. The Morgan fingerprint density at radius 2 is 2.05 bits per heavy atom. The summed E-state index contributed by atoms with van der Waals surface area (Å²) in [6.07, 6.45) is 0.201. The maximum Gasteiger partial charge on any atom is 0.305 e. The molecule has 0 aromatic heterocycles. The zero-order valence-corrected chi connectivity index (χ0v) is 11.5. The van der Waals surface area contributed by atoms with Crippen molar-refractivity contribution in [2.75, 3.05) is 20.7 Å². The summed E-state index contributed by atoms with van der Waals surface area (Å²) in [6, 6.07) is 5.61. The molecule has 0 bridgehead atoms. The van der Waals surface area contributed by atoms with Gasteiger partial charge in [-0.3, -0.25) is 9.59 Å². The van der Waals surface area contributed by atoms with Gasteiger partial charge in [-0.15, -0.1) is 0 Å². The van der Waals surface area contributed by atoms with Crippen molar-refractivity contribution >= 4 is 11.9 Å². The van der Waals surface area contributed by atoms with Crippen molar-refractivity contribution in [2.45, 2.75) is 19.8 Å². The van der Waals surface area contributed by atoms with E-state index in [1.807, 2.05) is 25.1 Å². The average Bonchev–Trinajstić information content (AvgIpc) is 2.37. The Morgan fingerprint density at radius 3 is 2.63 bits per heavy atom. The van der Waals surface area contributed by atoms with Crippen molar-refractivity contribution < 1.29 is 19.4 Å². The molecule has 1 amide bonds. The molecule has 1 N–H and O–H groups in total. The van der Waals surface area contributed by atoms with Crippen LogP contribution < -0.4 is 4.74 Å². The largest absolute Gasteiger partial charge is 0.496 e. The SMILES string of the molecule is COc1cc(CC(=O)N(C)CCC(=O)O)ccc1C. The van der Waals surface area contributed by atoms with Crippen LogP contribution >= 0.6 is 0 Å². The number of methoxy groups -OCH3 is 1. The number of hydrogen-bond donors (Lipinski definition) is 1. The minimum absolute atomic E-state index is 0.0422. The predicted molar refractivity (Wildman–Crippen MR) is 71.3 cm³/mol. The van der Waals surface area contributed by atoms with Crippen molar-refractivity contribution in [1.29, 1.82) is 0 Å². The minimum Gasteiger partial charge on any atom is -0.496 e. The summed E-state index contributed by atoms with van der Waals surface area (Å²) in [6.45, 7) is 2.15. The number of aryl methyl sites for hydroxylation is 1. The first-order chi connectivity index (χ1) is 8.93. The zero-order chi connectivity index (χ0) is 14.4. The quantitative estimate of drug-likeness (QED) is 0.846. The lowest BCUT2D eigenvalue weighted by molar-refractivity contribution is -0.138. The number of hydrogen-bond acceptors (Lipinski definition) is 3. The third-order valence-electron chi connectivity index (χ3n) is 2.91. The number of carbonyl (C=O) groups is 2. The summed E-state index contributed by atoms with van der Waals surface area (Å²) in [5, 5.41) is 8.58. The van der Waals surface area contributed by atoms with E-state index >= 15 is 0 Å². The van der Waals surface area contributed by atoms with Gasteiger partial charge in [0.15, 0.2) is 0 Å². The molecular weight excluding hydrogens is 246 g/mol. The highest BCUT2D eigenvalue weighted by molar-refractivity contribution is 5.79. The molecule has 0 atom stereocenters. The third kappa shape index (κ3) is 4.62. The van der Waals surface area contributed by atoms with E-state index in [1.54, 1.807) is 14.2 Å². The van der Waals surface area contributed by atoms with Crippen LogP contribution in [0.2, 0.25) is 0 Å². The van der Waals surface area contributed by atoms with Crippen molar-refractivity contribution in [3.63, 3.8) is 0 Å². The van der Waals surface area contributed by atoms with Crippen LogP contribution in [0.1, 0.15) is 17.5 Å². The van der Waals surface area contributed by atoms with Gasteiger partial charge in [0.1, 0.15) is 5.75 Å². The van der Waals surface area contributed by atoms with Crippen LogP contribution in [0.3, 0.4) is 0 Å². The summed E-state index contributed by atoms with van der Waals surface area (Å²) < 4.78 is 5.20. The average molecular weight is 265 g/mol. The number of likely N-dealkylation sites (N-methyl/N-ethyl adjacent to an activating group) is 1. The molecule has 1 aromatic carbocycles. The van der Waals surface area contributed by atoms with Gasteiger partial charge in [-0.05, 0) is 24.1 Å². The van der Waals surface area contributed by atoms with Gasteiger partial charge < -0.3 is 14.7 Å². The van der Waals surface area contributed by atoms with E-state index in [4.69, 9.17) is 9.84 Å². The Hall–Kier alpha value is -2.04. The second-order valence-corrected chi connectivity index (χ2v) is 4.44. The number of amides is 1. The molecule has 0 spiro atoms. The summed E-state index contributed by atoms with van der Waals surface area (Å²) in [5.74, 6) is -0.262. The second-order valence-electron chi connectivity index (χ2n) is 4.44. The van der Waals surface area contributed by atoms with E-state index in [2.05, 4.69) is 0 Å². The molecule has 5 heteroatoms. The number of nitrogens with zero attached hydrogens (tertiary/aromatic N) is 1. The Balaban J connectivity index is 2.63. The highest BCUT2D eigenvalue weighted by Gasteiger charge is 2.12. The van der Waals surface area contributed by atoms with Gasteiger partial charge in [0.25, 0.3) is 0 Å². The second kappa shape index (κ2) is 6.78. The first-order valence-corrected chi connectivity index (χ1v) is 6.03. The molecule has 0 saturated carbocycles. The lowest BCUT2D eigenvalue weighted by atomic mass is 10.1. The fraction of sp³-hybridized carbons (Fsp3) is 0.429. The zero-order valence-electron chi connectivity index (χ0n) is 11.5. The van der Waals surface area contributed by atoms with E-state index in [0.29, 0.717) is 0 Å². The van der Waals surface area contributed by atoms with Crippen LogP contribution in [-0.2, 0) is 16.0 Å². The first-order valence-electron chi connectivity index (χ1n) is 6.03. The van der Waals surface area contributed by atoms with Crippen LogP contribution in [0.15, 0.2) is 18.2 Å². The topological polar surface area (TPSA) is 66.8 Å². The Labute approximate surface area is 112 Å². The molecule has 104 valence electrons. The fourth-order valence-corrected chi connectivity index (χ4v) is 1.67. The molecule has 0 aliphatic rings. The van der Waals surface area contributed by atoms with Crippen LogP contribution in [0.25, 0.3) is 0 Å². The van der Waals surface area contributed by atoms with Crippen LogP contribution in [0, 0.1) is 6.92 Å². The molecule has 0 heterocycles. The molecule has 0 aliphatic carbocycles. The predicted octanol–water partition coefficient (Wildman–Crippen LogP) is 1.48. The van der Waals surface area contributed by atoms with Crippen LogP contribution in [0.4, 0.5) is 0 Å².